The van der Waals surface area contributed by atoms with E-state index in [4.69, 9.17) is 22.1 Å². The topological polar surface area (TPSA) is 102 Å². The second-order valence-corrected chi connectivity index (χ2v) is 7.74. The summed E-state index contributed by atoms with van der Waals surface area (Å²) in [5.74, 6) is -0.626. The van der Waals surface area contributed by atoms with E-state index in [1.165, 1.54) is 22.5 Å². The van der Waals surface area contributed by atoms with Gasteiger partial charge in [0.25, 0.3) is 5.91 Å². The molecule has 0 saturated carbocycles. The number of benzene rings is 1. The van der Waals surface area contributed by atoms with Crippen LogP contribution in [0.25, 0.3) is 0 Å². The monoisotopic (exact) mass is 397 g/mol. The van der Waals surface area contributed by atoms with Gasteiger partial charge in [-0.15, -0.1) is 12.4 Å². The van der Waals surface area contributed by atoms with Crippen molar-refractivity contribution in [2.24, 2.45) is 5.73 Å². The Morgan fingerprint density at radius 3 is 2.75 bits per heavy atom. The van der Waals surface area contributed by atoms with E-state index >= 15 is 0 Å². The van der Waals surface area contributed by atoms with E-state index in [1.54, 1.807) is 0 Å². The highest BCUT2D eigenvalue weighted by molar-refractivity contribution is 7.89. The first-order chi connectivity index (χ1) is 10.7. The molecule has 24 heavy (non-hydrogen) atoms. The van der Waals surface area contributed by atoms with Gasteiger partial charge in [0, 0.05) is 30.2 Å². The third-order valence-electron chi connectivity index (χ3n) is 3.84. The van der Waals surface area contributed by atoms with Crippen LogP contribution in [0.4, 0.5) is 0 Å². The van der Waals surface area contributed by atoms with Gasteiger partial charge in [0.15, 0.2) is 6.61 Å². The van der Waals surface area contributed by atoms with Crippen LogP contribution in [0.15, 0.2) is 23.1 Å². The fraction of sp³-hybridized carbons (Fsp3) is 0.500. The SMILES string of the molecule is CC1NCCN(S(=O)(=O)c2cc(Cl)ccc2OCC(N)=O)C1C.Cl. The Labute approximate surface area is 152 Å². The first-order valence-corrected chi connectivity index (χ1v) is 9.01. The maximum atomic E-state index is 13.0. The summed E-state index contributed by atoms with van der Waals surface area (Å²) in [5, 5.41) is 3.50. The molecule has 1 saturated heterocycles. The summed E-state index contributed by atoms with van der Waals surface area (Å²) in [4.78, 5) is 10.8. The Bertz CT molecular complexity index is 699. The molecule has 0 aromatic heterocycles. The number of amides is 1. The van der Waals surface area contributed by atoms with E-state index < -0.39 is 22.5 Å². The molecule has 3 N–H and O–H groups in total. The van der Waals surface area contributed by atoms with Gasteiger partial charge < -0.3 is 15.8 Å². The highest BCUT2D eigenvalue weighted by Gasteiger charge is 2.36. The van der Waals surface area contributed by atoms with Crippen LogP contribution < -0.4 is 15.8 Å². The molecule has 2 unspecified atom stereocenters. The lowest BCUT2D eigenvalue weighted by atomic mass is 10.1. The fourth-order valence-corrected chi connectivity index (χ4v) is 4.54. The molecule has 1 aliphatic rings. The summed E-state index contributed by atoms with van der Waals surface area (Å²) < 4.78 is 32.7. The van der Waals surface area contributed by atoms with Crippen molar-refractivity contribution in [1.82, 2.24) is 9.62 Å². The lowest BCUT2D eigenvalue weighted by Crippen LogP contribution is -2.57. The van der Waals surface area contributed by atoms with Crippen molar-refractivity contribution in [3.05, 3.63) is 23.2 Å². The van der Waals surface area contributed by atoms with Gasteiger partial charge in [-0.2, -0.15) is 4.31 Å². The highest BCUT2D eigenvalue weighted by atomic mass is 35.5. The van der Waals surface area contributed by atoms with Crippen LogP contribution in [0.3, 0.4) is 0 Å². The number of carbonyl (C=O) groups excluding carboxylic acids is 1. The van der Waals surface area contributed by atoms with Crippen molar-refractivity contribution in [1.29, 1.82) is 0 Å². The van der Waals surface area contributed by atoms with Gasteiger partial charge in [-0.3, -0.25) is 4.79 Å². The van der Waals surface area contributed by atoms with Crippen LogP contribution in [0.5, 0.6) is 5.75 Å². The maximum Gasteiger partial charge on any atom is 0.255 e. The Morgan fingerprint density at radius 1 is 1.46 bits per heavy atom. The summed E-state index contributed by atoms with van der Waals surface area (Å²) in [7, 11) is -3.81. The molecule has 0 radical (unpaired) electrons. The summed E-state index contributed by atoms with van der Waals surface area (Å²) in [5.41, 5.74) is 5.05. The van der Waals surface area contributed by atoms with Gasteiger partial charge >= 0.3 is 0 Å². The summed E-state index contributed by atoms with van der Waals surface area (Å²) in [6, 6.07) is 4.05. The molecule has 1 fully saturated rings. The zero-order valence-corrected chi connectivity index (χ0v) is 15.7. The molecule has 136 valence electrons. The van der Waals surface area contributed by atoms with Crippen LogP contribution in [-0.4, -0.2) is 50.4 Å². The molecule has 0 bridgehead atoms. The van der Waals surface area contributed by atoms with E-state index in [-0.39, 0.29) is 40.2 Å². The summed E-state index contributed by atoms with van der Waals surface area (Å²) in [6.45, 7) is 4.26. The van der Waals surface area contributed by atoms with Crippen LogP contribution >= 0.6 is 24.0 Å². The summed E-state index contributed by atoms with van der Waals surface area (Å²) in [6.07, 6.45) is 0. The van der Waals surface area contributed by atoms with E-state index in [9.17, 15) is 13.2 Å². The molecule has 0 aliphatic carbocycles. The molecule has 1 aromatic carbocycles. The first kappa shape index (κ1) is 21.0. The highest BCUT2D eigenvalue weighted by Crippen LogP contribution is 2.31. The fourth-order valence-electron chi connectivity index (χ4n) is 2.44. The molecule has 2 atom stereocenters. The number of halogens is 2. The van der Waals surface area contributed by atoms with Crippen molar-refractivity contribution < 1.29 is 17.9 Å². The normalized spacial score (nSPS) is 21.8. The minimum absolute atomic E-state index is 0. The minimum atomic E-state index is -3.81. The second kappa shape index (κ2) is 8.35. The lowest BCUT2D eigenvalue weighted by molar-refractivity contribution is -0.120. The molecular formula is C14H21Cl2N3O4S. The van der Waals surface area contributed by atoms with Crippen molar-refractivity contribution in [3.63, 3.8) is 0 Å². The Hall–Kier alpha value is -1.06. The van der Waals surface area contributed by atoms with E-state index in [0.717, 1.165) is 0 Å². The number of ether oxygens (including phenoxy) is 1. The van der Waals surface area contributed by atoms with Crippen molar-refractivity contribution in [2.45, 2.75) is 30.8 Å². The van der Waals surface area contributed by atoms with Crippen molar-refractivity contribution in [3.8, 4) is 5.75 Å². The van der Waals surface area contributed by atoms with Gasteiger partial charge in [0.2, 0.25) is 10.0 Å². The number of rotatable bonds is 5. The van der Waals surface area contributed by atoms with Gasteiger partial charge in [0.05, 0.1) is 0 Å². The smallest absolute Gasteiger partial charge is 0.255 e. The number of hydrogen-bond acceptors (Lipinski definition) is 5. The molecule has 0 spiro atoms. The number of carbonyl (C=O) groups is 1. The molecule has 1 aliphatic heterocycles. The zero-order chi connectivity index (χ0) is 17.2. The van der Waals surface area contributed by atoms with Crippen molar-refractivity contribution >= 4 is 39.9 Å². The van der Waals surface area contributed by atoms with Gasteiger partial charge in [-0.25, -0.2) is 8.42 Å². The van der Waals surface area contributed by atoms with Crippen LogP contribution in [0, 0.1) is 0 Å². The number of nitrogens with two attached hydrogens (primary N) is 1. The molecule has 10 heteroatoms. The maximum absolute atomic E-state index is 13.0. The minimum Gasteiger partial charge on any atom is -0.482 e. The predicted octanol–water partition coefficient (Wildman–Crippen LogP) is 0.997. The van der Waals surface area contributed by atoms with Crippen LogP contribution in [0.2, 0.25) is 5.02 Å². The Balaban J connectivity index is 0.00000288. The Morgan fingerprint density at radius 2 is 2.12 bits per heavy atom. The van der Waals surface area contributed by atoms with Crippen LogP contribution in [0.1, 0.15) is 13.8 Å². The molecule has 1 aromatic rings. The third kappa shape index (κ3) is 4.52. The molecule has 1 amide bonds. The lowest BCUT2D eigenvalue weighted by Gasteiger charge is -2.37. The van der Waals surface area contributed by atoms with Crippen molar-refractivity contribution in [2.75, 3.05) is 19.7 Å². The average Bonchev–Trinajstić information content (AvgIpc) is 2.48. The molecular weight excluding hydrogens is 377 g/mol. The number of primary amides is 1. The molecule has 2 rings (SSSR count). The first-order valence-electron chi connectivity index (χ1n) is 7.19. The van der Waals surface area contributed by atoms with E-state index in [0.29, 0.717) is 13.1 Å². The number of nitrogens with zero attached hydrogens (tertiary/aromatic N) is 1. The third-order valence-corrected chi connectivity index (χ3v) is 6.08. The molecule has 1 heterocycles. The van der Waals surface area contributed by atoms with E-state index in [2.05, 4.69) is 5.32 Å². The van der Waals surface area contributed by atoms with Gasteiger partial charge in [-0.1, -0.05) is 11.6 Å². The summed E-state index contributed by atoms with van der Waals surface area (Å²) >= 11 is 5.95. The number of hydrogen-bond donors (Lipinski definition) is 2. The predicted molar refractivity (Wildman–Crippen MR) is 94.2 cm³/mol. The second-order valence-electron chi connectivity index (χ2n) is 5.45. The van der Waals surface area contributed by atoms with Gasteiger partial charge in [-0.05, 0) is 32.0 Å². The zero-order valence-electron chi connectivity index (χ0n) is 13.4. The Kier molecular flexibility index (Phi) is 7.30. The van der Waals surface area contributed by atoms with Crippen LogP contribution in [-0.2, 0) is 14.8 Å². The quantitative estimate of drug-likeness (QED) is 0.771. The molecule has 7 nitrogen and oxygen atoms in total. The average molecular weight is 398 g/mol. The van der Waals surface area contributed by atoms with Gasteiger partial charge in [0.1, 0.15) is 10.6 Å². The van der Waals surface area contributed by atoms with E-state index in [1.807, 2.05) is 13.8 Å². The standard InChI is InChI=1S/C14H20ClN3O4S.ClH/c1-9-10(2)18(6-5-17-9)23(20,21)13-7-11(15)3-4-12(13)22-8-14(16)19;/h3-4,7,9-10,17H,5-6,8H2,1-2H3,(H2,16,19);1H. The largest absolute Gasteiger partial charge is 0.482 e. The number of nitrogens with one attached hydrogen (secondary N) is 1. The number of sulfonamides is 1. The number of piperazine rings is 1.